The number of pyridine rings is 1. The number of carbonyl (C=O) groups excluding carboxylic acids is 2. The van der Waals surface area contributed by atoms with E-state index in [1.54, 1.807) is 6.92 Å². The van der Waals surface area contributed by atoms with Crippen LogP contribution in [0.15, 0.2) is 29.6 Å². The predicted octanol–water partition coefficient (Wildman–Crippen LogP) is 1.78. The van der Waals surface area contributed by atoms with E-state index in [-0.39, 0.29) is 46.1 Å². The summed E-state index contributed by atoms with van der Waals surface area (Å²) in [7, 11) is -2.55. The maximum absolute atomic E-state index is 13.2. The molecule has 0 saturated carbocycles. The van der Waals surface area contributed by atoms with Gasteiger partial charge in [0.05, 0.1) is 29.6 Å². The number of carbonyl (C=O) groups is 2. The number of imidazole rings is 1. The minimum Gasteiger partial charge on any atom is -0.465 e. The molecule has 0 fully saturated rings. The topological polar surface area (TPSA) is 150 Å². The summed E-state index contributed by atoms with van der Waals surface area (Å²) < 4.78 is 72.6. The molecule has 0 atom stereocenters. The number of aryl methyl sites for hydroxylation is 1. The quantitative estimate of drug-likeness (QED) is 0.347. The SMILES string of the molecule is CCOC(=O)CNC(=O)c1ccnc2c(-c3nc4cc(C(F)(F)F)ncc4n3C)c(S(=O)(=O)CC)nn12. The van der Waals surface area contributed by atoms with E-state index in [0.717, 1.165) is 16.8 Å². The van der Waals surface area contributed by atoms with Crippen LogP contribution in [-0.4, -0.2) is 68.3 Å². The Bertz CT molecular complexity index is 1640. The van der Waals surface area contributed by atoms with Gasteiger partial charge in [-0.15, -0.1) is 0 Å². The van der Waals surface area contributed by atoms with E-state index in [1.165, 1.54) is 30.8 Å². The van der Waals surface area contributed by atoms with Gasteiger partial charge in [-0.2, -0.15) is 18.3 Å². The lowest BCUT2D eigenvalue weighted by Gasteiger charge is -2.06. The lowest BCUT2D eigenvalue weighted by Crippen LogP contribution is -2.32. The third-order valence-corrected chi connectivity index (χ3v) is 7.01. The molecule has 0 aliphatic rings. The number of amides is 1. The Hall–Kier alpha value is -4.08. The van der Waals surface area contributed by atoms with Crippen molar-refractivity contribution in [3.63, 3.8) is 0 Å². The van der Waals surface area contributed by atoms with E-state index in [0.29, 0.717) is 0 Å². The Kier molecular flexibility index (Phi) is 6.62. The largest absolute Gasteiger partial charge is 0.465 e. The second-order valence-electron chi connectivity index (χ2n) is 7.69. The first-order valence-corrected chi connectivity index (χ1v) is 12.5. The molecule has 0 aliphatic heterocycles. The number of hydrogen-bond donors (Lipinski definition) is 1. The monoisotopic (exact) mass is 539 g/mol. The Morgan fingerprint density at radius 3 is 2.57 bits per heavy atom. The van der Waals surface area contributed by atoms with E-state index < -0.39 is 45.2 Å². The van der Waals surface area contributed by atoms with E-state index in [9.17, 15) is 31.2 Å². The number of sulfone groups is 1. The van der Waals surface area contributed by atoms with Gasteiger partial charge in [0.2, 0.25) is 0 Å². The van der Waals surface area contributed by atoms with E-state index in [1.807, 2.05) is 0 Å². The number of rotatable bonds is 7. The van der Waals surface area contributed by atoms with E-state index in [2.05, 4.69) is 25.4 Å². The van der Waals surface area contributed by atoms with Crippen molar-refractivity contribution in [1.29, 1.82) is 0 Å². The van der Waals surface area contributed by atoms with Crippen molar-refractivity contribution < 1.29 is 35.9 Å². The molecule has 1 N–H and O–H groups in total. The van der Waals surface area contributed by atoms with Crippen molar-refractivity contribution in [1.82, 2.24) is 34.4 Å². The molecule has 4 aromatic heterocycles. The van der Waals surface area contributed by atoms with Crippen LogP contribution in [0.4, 0.5) is 13.2 Å². The molecule has 0 spiro atoms. The number of halogens is 3. The molecule has 0 radical (unpaired) electrons. The summed E-state index contributed by atoms with van der Waals surface area (Å²) in [4.78, 5) is 36.3. The molecule has 4 heterocycles. The zero-order chi connectivity index (χ0) is 27.1. The molecular formula is C21H20F3N7O5S. The third kappa shape index (κ3) is 4.71. The summed E-state index contributed by atoms with van der Waals surface area (Å²) in [5.74, 6) is -1.85. The Morgan fingerprint density at radius 1 is 1.19 bits per heavy atom. The van der Waals surface area contributed by atoms with Crippen LogP contribution < -0.4 is 5.32 Å². The maximum Gasteiger partial charge on any atom is 0.433 e. The molecule has 12 nitrogen and oxygen atoms in total. The fourth-order valence-corrected chi connectivity index (χ4v) is 4.54. The normalized spacial score (nSPS) is 12.3. The average molecular weight is 539 g/mol. The fourth-order valence-electron chi connectivity index (χ4n) is 3.57. The van der Waals surface area contributed by atoms with Gasteiger partial charge >= 0.3 is 12.1 Å². The second kappa shape index (κ2) is 9.42. The van der Waals surface area contributed by atoms with Gasteiger partial charge in [-0.1, -0.05) is 6.92 Å². The van der Waals surface area contributed by atoms with Crippen molar-refractivity contribution in [2.24, 2.45) is 7.05 Å². The van der Waals surface area contributed by atoms with Gasteiger partial charge in [0.1, 0.15) is 29.3 Å². The van der Waals surface area contributed by atoms with Gasteiger partial charge in [-0.3, -0.25) is 9.59 Å². The van der Waals surface area contributed by atoms with Gasteiger partial charge in [0, 0.05) is 13.2 Å². The minimum atomic E-state index is -4.71. The molecule has 4 aromatic rings. The number of fused-ring (bicyclic) bond motifs is 2. The summed E-state index contributed by atoms with van der Waals surface area (Å²) in [6, 6.07) is 2.02. The highest BCUT2D eigenvalue weighted by Crippen LogP contribution is 2.34. The number of ether oxygens (including phenoxy) is 1. The van der Waals surface area contributed by atoms with Crippen molar-refractivity contribution in [3.05, 3.63) is 35.9 Å². The summed E-state index contributed by atoms with van der Waals surface area (Å²) in [6.07, 6.45) is -2.50. The first kappa shape index (κ1) is 26.0. The minimum absolute atomic E-state index is 0.0465. The zero-order valence-electron chi connectivity index (χ0n) is 19.7. The van der Waals surface area contributed by atoms with Gasteiger partial charge in [-0.25, -0.2) is 27.9 Å². The van der Waals surface area contributed by atoms with Gasteiger partial charge in [0.25, 0.3) is 5.91 Å². The summed E-state index contributed by atoms with van der Waals surface area (Å²) in [5, 5.41) is 6.02. The molecule has 1 amide bonds. The van der Waals surface area contributed by atoms with Gasteiger partial charge < -0.3 is 14.6 Å². The van der Waals surface area contributed by atoms with Crippen molar-refractivity contribution in [2.45, 2.75) is 25.0 Å². The fraction of sp³-hybridized carbons (Fsp3) is 0.333. The Morgan fingerprint density at radius 2 is 1.92 bits per heavy atom. The lowest BCUT2D eigenvalue weighted by atomic mass is 10.3. The van der Waals surface area contributed by atoms with Crippen LogP contribution in [-0.2, 0) is 32.6 Å². The van der Waals surface area contributed by atoms with Crippen LogP contribution in [0.1, 0.15) is 30.0 Å². The molecule has 0 aromatic carbocycles. The van der Waals surface area contributed by atoms with Crippen LogP contribution >= 0.6 is 0 Å². The second-order valence-corrected chi connectivity index (χ2v) is 9.88. The number of hydrogen-bond acceptors (Lipinski definition) is 9. The standard InChI is InChI=1S/C21H20F3N7O5S/c1-4-36-15(32)10-27-19(33)12-6-7-25-17-16(20(29-31(12)17)37(34,35)5-2)18-28-11-8-14(21(22,23)24)26-9-13(11)30(18)3/h6-9H,4-5,10H2,1-3H3,(H,27,33). The highest BCUT2D eigenvalue weighted by Gasteiger charge is 2.34. The van der Waals surface area contributed by atoms with Crippen molar-refractivity contribution in [3.8, 4) is 11.4 Å². The third-order valence-electron chi connectivity index (χ3n) is 5.37. The molecule has 0 bridgehead atoms. The lowest BCUT2D eigenvalue weighted by molar-refractivity contribution is -0.142. The molecular weight excluding hydrogens is 519 g/mol. The number of esters is 1. The first-order chi connectivity index (χ1) is 17.4. The van der Waals surface area contributed by atoms with Crippen LogP contribution in [0.2, 0.25) is 0 Å². The summed E-state index contributed by atoms with van der Waals surface area (Å²) in [6.45, 7) is 2.67. The molecule has 196 valence electrons. The first-order valence-electron chi connectivity index (χ1n) is 10.8. The molecule has 4 rings (SSSR count). The molecule has 16 heteroatoms. The molecule has 0 saturated heterocycles. The van der Waals surface area contributed by atoms with Crippen molar-refractivity contribution >= 4 is 38.4 Å². The maximum atomic E-state index is 13.2. The average Bonchev–Trinajstić information content (AvgIpc) is 3.40. The van der Waals surface area contributed by atoms with Crippen LogP contribution in [0.3, 0.4) is 0 Å². The number of aromatic nitrogens is 6. The number of alkyl halides is 3. The van der Waals surface area contributed by atoms with Crippen LogP contribution in [0.25, 0.3) is 28.1 Å². The van der Waals surface area contributed by atoms with Gasteiger partial charge in [0.15, 0.2) is 20.5 Å². The smallest absolute Gasteiger partial charge is 0.433 e. The number of nitrogens with one attached hydrogen (secondary N) is 1. The highest BCUT2D eigenvalue weighted by molar-refractivity contribution is 7.91. The van der Waals surface area contributed by atoms with Gasteiger partial charge in [-0.05, 0) is 19.1 Å². The summed E-state index contributed by atoms with van der Waals surface area (Å²) in [5.41, 5.74) is -1.38. The van der Waals surface area contributed by atoms with Crippen LogP contribution in [0, 0.1) is 0 Å². The van der Waals surface area contributed by atoms with Crippen LogP contribution in [0.5, 0.6) is 0 Å². The molecule has 37 heavy (non-hydrogen) atoms. The predicted molar refractivity (Wildman–Crippen MR) is 122 cm³/mol. The van der Waals surface area contributed by atoms with E-state index >= 15 is 0 Å². The van der Waals surface area contributed by atoms with Crippen molar-refractivity contribution in [2.75, 3.05) is 18.9 Å². The molecule has 0 unspecified atom stereocenters. The van der Waals surface area contributed by atoms with E-state index in [4.69, 9.17) is 4.74 Å². The summed E-state index contributed by atoms with van der Waals surface area (Å²) >= 11 is 0. The Labute approximate surface area is 207 Å². The number of nitrogens with zero attached hydrogens (tertiary/aromatic N) is 6. The zero-order valence-corrected chi connectivity index (χ0v) is 20.5. The highest BCUT2D eigenvalue weighted by atomic mass is 32.2. The Balaban J connectivity index is 1.93. The molecule has 0 aliphatic carbocycles.